The summed E-state index contributed by atoms with van der Waals surface area (Å²) >= 11 is 0. The van der Waals surface area contributed by atoms with Gasteiger partial charge in [-0.1, -0.05) is 160 Å². The number of hydrogen-bond acceptors (Lipinski definition) is 0. The lowest BCUT2D eigenvalue weighted by Crippen LogP contribution is -2.32. The second-order valence-corrected chi connectivity index (χ2v) is 15.2. The smallest absolute Gasteiger partial charge is 0.0178 e. The number of benzene rings is 4. The SMILES string of the molecule is C[C@H](C1=C(C(C)(C)P(c2ccccc2)c2ccccc2)C=CC1)P(c1ccccc1)c1ccccc1. The minimum Gasteiger partial charge on any atom is -0.0801 e. The molecule has 4 aromatic rings. The topological polar surface area (TPSA) is 0 Å². The van der Waals surface area contributed by atoms with E-state index < -0.39 is 15.8 Å². The second-order valence-electron chi connectivity index (χ2n) is 9.83. The van der Waals surface area contributed by atoms with Gasteiger partial charge in [-0.15, -0.1) is 0 Å². The van der Waals surface area contributed by atoms with Crippen LogP contribution in [0.2, 0.25) is 0 Å². The molecule has 0 nitrogen and oxygen atoms in total. The molecule has 180 valence electrons. The fourth-order valence-corrected chi connectivity index (χ4v) is 11.2. The van der Waals surface area contributed by atoms with Crippen molar-refractivity contribution in [2.45, 2.75) is 38.0 Å². The van der Waals surface area contributed by atoms with Crippen LogP contribution in [0.25, 0.3) is 0 Å². The van der Waals surface area contributed by atoms with Crippen LogP contribution in [0.1, 0.15) is 27.2 Å². The summed E-state index contributed by atoms with van der Waals surface area (Å²) in [4.78, 5) is 0. The molecule has 0 amide bonds. The van der Waals surface area contributed by atoms with Crippen LogP contribution in [0.3, 0.4) is 0 Å². The van der Waals surface area contributed by atoms with Gasteiger partial charge in [0.1, 0.15) is 0 Å². The fraction of sp³-hybridized carbons (Fsp3) is 0.176. The second kappa shape index (κ2) is 11.1. The van der Waals surface area contributed by atoms with Gasteiger partial charge in [-0.3, -0.25) is 0 Å². The molecule has 4 aromatic carbocycles. The van der Waals surface area contributed by atoms with Crippen LogP contribution in [-0.4, -0.2) is 10.8 Å². The first kappa shape index (κ1) is 24.9. The summed E-state index contributed by atoms with van der Waals surface area (Å²) in [5.41, 5.74) is 3.60. The van der Waals surface area contributed by atoms with Crippen molar-refractivity contribution in [1.82, 2.24) is 0 Å². The summed E-state index contributed by atoms with van der Waals surface area (Å²) in [7, 11) is -1.10. The summed E-state index contributed by atoms with van der Waals surface area (Å²) in [5.74, 6) is 0. The highest BCUT2D eigenvalue weighted by atomic mass is 31.1. The monoisotopic (exact) mass is 504 g/mol. The van der Waals surface area contributed by atoms with Gasteiger partial charge in [0, 0.05) is 10.8 Å². The summed E-state index contributed by atoms with van der Waals surface area (Å²) in [6, 6.07) is 44.6. The lowest BCUT2D eigenvalue weighted by atomic mass is 9.97. The van der Waals surface area contributed by atoms with Crippen molar-refractivity contribution >= 4 is 37.1 Å². The van der Waals surface area contributed by atoms with Gasteiger partial charge in [-0.05, 0) is 49.1 Å². The van der Waals surface area contributed by atoms with Crippen LogP contribution in [0, 0.1) is 0 Å². The molecule has 0 saturated carbocycles. The third-order valence-corrected chi connectivity index (χ3v) is 13.0. The van der Waals surface area contributed by atoms with Crippen molar-refractivity contribution in [3.05, 3.63) is 145 Å². The minimum atomic E-state index is -0.586. The molecular formula is C34H34P2. The highest BCUT2D eigenvalue weighted by Gasteiger charge is 2.38. The van der Waals surface area contributed by atoms with Crippen molar-refractivity contribution in [2.24, 2.45) is 0 Å². The summed E-state index contributed by atoms with van der Waals surface area (Å²) in [5, 5.41) is 5.80. The van der Waals surface area contributed by atoms with Gasteiger partial charge in [0.15, 0.2) is 0 Å². The average Bonchev–Trinajstić information content (AvgIpc) is 3.43. The van der Waals surface area contributed by atoms with E-state index in [1.54, 1.807) is 5.57 Å². The molecule has 0 heterocycles. The Kier molecular flexibility index (Phi) is 7.67. The zero-order chi connectivity index (χ0) is 25.0. The predicted octanol–water partition coefficient (Wildman–Crippen LogP) is 7.68. The van der Waals surface area contributed by atoms with Gasteiger partial charge in [-0.2, -0.15) is 0 Å². The summed E-state index contributed by atoms with van der Waals surface area (Å²) in [6.07, 6.45) is 5.89. The van der Waals surface area contributed by atoms with Crippen molar-refractivity contribution in [3.8, 4) is 0 Å². The first-order valence-electron chi connectivity index (χ1n) is 12.8. The molecule has 0 unspecified atom stereocenters. The molecule has 1 aliphatic rings. The first-order chi connectivity index (χ1) is 17.6. The molecule has 0 fully saturated rings. The van der Waals surface area contributed by atoms with E-state index in [1.165, 1.54) is 26.8 Å². The van der Waals surface area contributed by atoms with Crippen LogP contribution in [-0.2, 0) is 0 Å². The minimum absolute atomic E-state index is 0.00299. The van der Waals surface area contributed by atoms with Crippen LogP contribution in [0.4, 0.5) is 0 Å². The van der Waals surface area contributed by atoms with E-state index in [1.807, 2.05) is 0 Å². The average molecular weight is 505 g/mol. The van der Waals surface area contributed by atoms with Crippen LogP contribution in [0.5, 0.6) is 0 Å². The van der Waals surface area contributed by atoms with Crippen LogP contribution in [0.15, 0.2) is 145 Å². The zero-order valence-corrected chi connectivity index (χ0v) is 23.2. The highest BCUT2D eigenvalue weighted by molar-refractivity contribution is 7.74. The van der Waals surface area contributed by atoms with Gasteiger partial charge in [-0.25, -0.2) is 0 Å². The molecule has 1 atom stereocenters. The van der Waals surface area contributed by atoms with E-state index in [0.29, 0.717) is 5.66 Å². The number of allylic oxidation sites excluding steroid dienone is 4. The highest BCUT2D eigenvalue weighted by Crippen LogP contribution is 2.56. The van der Waals surface area contributed by atoms with E-state index >= 15 is 0 Å². The normalized spacial score (nSPS) is 14.6. The summed E-state index contributed by atoms with van der Waals surface area (Å²) in [6.45, 7) is 7.42. The molecule has 0 spiro atoms. The third-order valence-electron chi connectivity index (χ3n) is 7.18. The molecule has 0 N–H and O–H groups in total. The standard InChI is InChI=1S/C34H34P2/c1-27(35(28-17-8-4-9-18-28)29-19-10-5-11-20-29)32-25-16-26-33(32)34(2,3)36(30-21-12-6-13-22-30)31-23-14-7-15-24-31/h4-24,26-27H,25H2,1-3H3/t27-/m1/s1. The van der Waals surface area contributed by atoms with Crippen molar-refractivity contribution in [3.63, 3.8) is 0 Å². The Balaban J connectivity index is 1.62. The van der Waals surface area contributed by atoms with E-state index in [0.717, 1.165) is 6.42 Å². The van der Waals surface area contributed by atoms with E-state index in [9.17, 15) is 0 Å². The van der Waals surface area contributed by atoms with Gasteiger partial charge < -0.3 is 0 Å². The zero-order valence-electron chi connectivity index (χ0n) is 21.4. The molecule has 36 heavy (non-hydrogen) atoms. The number of rotatable bonds is 8. The van der Waals surface area contributed by atoms with Gasteiger partial charge >= 0.3 is 0 Å². The quantitative estimate of drug-likeness (QED) is 0.216. The first-order valence-corrected chi connectivity index (χ1v) is 15.5. The largest absolute Gasteiger partial charge is 0.0801 e. The van der Waals surface area contributed by atoms with Crippen molar-refractivity contribution in [2.75, 3.05) is 0 Å². The Hall–Kier alpha value is -2.78. The molecule has 2 heteroatoms. The van der Waals surface area contributed by atoms with Gasteiger partial charge in [0.05, 0.1) is 0 Å². The Morgan fingerprint density at radius 2 is 0.972 bits per heavy atom. The van der Waals surface area contributed by atoms with Crippen LogP contribution < -0.4 is 21.2 Å². The molecule has 0 saturated heterocycles. The van der Waals surface area contributed by atoms with E-state index in [-0.39, 0.29) is 5.16 Å². The fourth-order valence-electron chi connectivity index (χ4n) is 5.51. The lowest BCUT2D eigenvalue weighted by molar-refractivity contribution is 0.826. The van der Waals surface area contributed by atoms with E-state index in [2.05, 4.69) is 154 Å². The van der Waals surface area contributed by atoms with Gasteiger partial charge in [0.2, 0.25) is 0 Å². The van der Waals surface area contributed by atoms with Gasteiger partial charge in [0.25, 0.3) is 0 Å². The Bertz CT molecular complexity index is 1240. The Labute approximate surface area is 219 Å². The molecule has 0 aliphatic heterocycles. The van der Waals surface area contributed by atoms with Crippen LogP contribution >= 0.6 is 15.8 Å². The Morgan fingerprint density at radius 1 is 0.583 bits per heavy atom. The molecule has 0 bridgehead atoms. The maximum absolute atomic E-state index is 2.48. The predicted molar refractivity (Wildman–Crippen MR) is 162 cm³/mol. The molecule has 1 aliphatic carbocycles. The Morgan fingerprint density at radius 3 is 1.39 bits per heavy atom. The summed E-state index contributed by atoms with van der Waals surface area (Å²) < 4.78 is 0. The lowest BCUT2D eigenvalue weighted by Gasteiger charge is -2.39. The molecule has 5 rings (SSSR count). The van der Waals surface area contributed by atoms with Crippen molar-refractivity contribution in [1.29, 1.82) is 0 Å². The van der Waals surface area contributed by atoms with E-state index in [4.69, 9.17) is 0 Å². The molecule has 0 aromatic heterocycles. The molecule has 0 radical (unpaired) electrons. The van der Waals surface area contributed by atoms with Crippen molar-refractivity contribution < 1.29 is 0 Å². The maximum atomic E-state index is 2.48. The molecular weight excluding hydrogens is 470 g/mol. The maximum Gasteiger partial charge on any atom is 0.0178 e. The third kappa shape index (κ3) is 5.04. The number of hydrogen-bond donors (Lipinski definition) is 0.